The van der Waals surface area contributed by atoms with Crippen LogP contribution in [0, 0.1) is 6.92 Å². The third-order valence-electron chi connectivity index (χ3n) is 5.90. The third kappa shape index (κ3) is 5.30. The molecule has 0 radical (unpaired) electrons. The number of nitrogens with zero attached hydrogens (tertiary/aromatic N) is 1. The van der Waals surface area contributed by atoms with Gasteiger partial charge in [0.25, 0.3) is 0 Å². The molecule has 3 nitrogen and oxygen atoms in total. The molecule has 1 aliphatic heterocycles. The summed E-state index contributed by atoms with van der Waals surface area (Å²) in [5.74, 6) is 0.0684. The lowest BCUT2D eigenvalue weighted by Gasteiger charge is -2.24. The molecule has 1 aliphatic rings. The van der Waals surface area contributed by atoms with Crippen LogP contribution in [0.3, 0.4) is 0 Å². The van der Waals surface area contributed by atoms with E-state index in [2.05, 4.69) is 40.5 Å². The number of nitrogens with one attached hydrogen (secondary N) is 1. The maximum Gasteiger partial charge on any atom is 0.237 e. The normalized spacial score (nSPS) is 16.4. The predicted molar refractivity (Wildman–Crippen MR) is 128 cm³/mol. The van der Waals surface area contributed by atoms with E-state index in [1.807, 2.05) is 43.3 Å². The highest BCUT2D eigenvalue weighted by atomic mass is 35.5. The number of hydrogen-bond acceptors (Lipinski definition) is 2. The Morgan fingerprint density at radius 1 is 1.00 bits per heavy atom. The summed E-state index contributed by atoms with van der Waals surface area (Å²) in [5.41, 5.74) is 5.45. The molecule has 1 saturated heterocycles. The molecule has 0 aromatic heterocycles. The van der Waals surface area contributed by atoms with Crippen LogP contribution >= 0.6 is 23.2 Å². The third-order valence-corrected chi connectivity index (χ3v) is 6.67. The fraction of sp³-hybridized carbons (Fsp3) is 0.269. The number of likely N-dealkylation sites (tertiary alicyclic amines) is 1. The van der Waals surface area contributed by atoms with E-state index in [1.54, 1.807) is 0 Å². The molecule has 0 saturated carbocycles. The number of amides is 1. The SMILES string of the molecule is Cc1ccc(-c2cccc(CN3CCCC3C(=O)NCc3ccccc3Cl)c2)cc1Cl. The maximum absolute atomic E-state index is 12.9. The highest BCUT2D eigenvalue weighted by Gasteiger charge is 2.30. The summed E-state index contributed by atoms with van der Waals surface area (Å²) in [6.45, 7) is 4.13. The van der Waals surface area contributed by atoms with Gasteiger partial charge in [0.05, 0.1) is 6.04 Å². The molecule has 0 spiro atoms. The Morgan fingerprint density at radius 3 is 2.61 bits per heavy atom. The first-order valence-corrected chi connectivity index (χ1v) is 11.4. The summed E-state index contributed by atoms with van der Waals surface area (Å²) in [4.78, 5) is 15.1. The minimum atomic E-state index is -0.111. The standard InChI is InChI=1S/C26H26Cl2N2O/c1-18-11-12-21(15-24(18)28)20-8-4-6-19(14-20)17-30-13-5-10-25(30)26(31)29-16-22-7-2-3-9-23(22)27/h2-4,6-9,11-12,14-15,25H,5,10,13,16-17H2,1H3,(H,29,31). The highest BCUT2D eigenvalue weighted by molar-refractivity contribution is 6.31. The lowest BCUT2D eigenvalue weighted by Crippen LogP contribution is -2.42. The van der Waals surface area contributed by atoms with Gasteiger partial charge in [-0.2, -0.15) is 0 Å². The van der Waals surface area contributed by atoms with Crippen molar-refractivity contribution in [1.82, 2.24) is 10.2 Å². The van der Waals surface area contributed by atoms with Gasteiger partial charge in [-0.25, -0.2) is 0 Å². The molecule has 3 aromatic carbocycles. The molecule has 0 bridgehead atoms. The van der Waals surface area contributed by atoms with Crippen LogP contribution in [-0.4, -0.2) is 23.4 Å². The zero-order valence-electron chi connectivity index (χ0n) is 17.6. The van der Waals surface area contributed by atoms with E-state index in [-0.39, 0.29) is 11.9 Å². The number of hydrogen-bond donors (Lipinski definition) is 1. The number of carbonyl (C=O) groups excluding carboxylic acids is 1. The Balaban J connectivity index is 1.43. The van der Waals surface area contributed by atoms with Crippen molar-refractivity contribution >= 4 is 29.1 Å². The van der Waals surface area contributed by atoms with Gasteiger partial charge in [-0.15, -0.1) is 0 Å². The van der Waals surface area contributed by atoms with Crippen molar-refractivity contribution in [3.63, 3.8) is 0 Å². The van der Waals surface area contributed by atoms with Crippen molar-refractivity contribution in [1.29, 1.82) is 0 Å². The molecule has 31 heavy (non-hydrogen) atoms. The van der Waals surface area contributed by atoms with Gasteiger partial charge in [-0.3, -0.25) is 9.69 Å². The van der Waals surface area contributed by atoms with Crippen LogP contribution in [-0.2, 0) is 17.9 Å². The van der Waals surface area contributed by atoms with E-state index in [9.17, 15) is 4.79 Å². The fourth-order valence-electron chi connectivity index (χ4n) is 4.11. The Morgan fingerprint density at radius 2 is 1.81 bits per heavy atom. The van der Waals surface area contributed by atoms with Crippen LogP contribution in [0.15, 0.2) is 66.7 Å². The Kier molecular flexibility index (Phi) is 6.96. The summed E-state index contributed by atoms with van der Waals surface area (Å²) < 4.78 is 0. The van der Waals surface area contributed by atoms with Crippen LogP contribution in [0.5, 0.6) is 0 Å². The molecule has 3 aromatic rings. The van der Waals surface area contributed by atoms with Gasteiger partial charge in [0.1, 0.15) is 0 Å². The molecule has 1 unspecified atom stereocenters. The van der Waals surface area contributed by atoms with Crippen LogP contribution in [0.2, 0.25) is 10.0 Å². The smallest absolute Gasteiger partial charge is 0.237 e. The molecular formula is C26H26Cl2N2O. The fourth-order valence-corrected chi connectivity index (χ4v) is 4.49. The minimum Gasteiger partial charge on any atom is -0.351 e. The zero-order chi connectivity index (χ0) is 21.8. The predicted octanol–water partition coefficient (Wildman–Crippen LogP) is 6.25. The van der Waals surface area contributed by atoms with Gasteiger partial charge in [0.15, 0.2) is 0 Å². The maximum atomic E-state index is 12.9. The van der Waals surface area contributed by atoms with E-state index in [0.717, 1.165) is 53.2 Å². The Labute approximate surface area is 194 Å². The van der Waals surface area contributed by atoms with E-state index in [1.165, 1.54) is 5.56 Å². The quantitative estimate of drug-likeness (QED) is 0.479. The van der Waals surface area contributed by atoms with Crippen molar-refractivity contribution < 1.29 is 4.79 Å². The van der Waals surface area contributed by atoms with Crippen molar-refractivity contribution in [2.24, 2.45) is 0 Å². The van der Waals surface area contributed by atoms with Gasteiger partial charge < -0.3 is 5.32 Å². The lowest BCUT2D eigenvalue weighted by molar-refractivity contribution is -0.125. The molecule has 0 aliphatic carbocycles. The zero-order valence-corrected chi connectivity index (χ0v) is 19.1. The minimum absolute atomic E-state index is 0.0684. The summed E-state index contributed by atoms with van der Waals surface area (Å²) >= 11 is 12.5. The average molecular weight is 453 g/mol. The summed E-state index contributed by atoms with van der Waals surface area (Å²) in [6, 6.07) is 22.1. The van der Waals surface area contributed by atoms with Gasteiger partial charge in [0.2, 0.25) is 5.91 Å². The summed E-state index contributed by atoms with van der Waals surface area (Å²) in [6.07, 6.45) is 1.90. The van der Waals surface area contributed by atoms with Crippen molar-refractivity contribution in [2.75, 3.05) is 6.54 Å². The molecule has 1 N–H and O–H groups in total. The number of halogens is 2. The molecular weight excluding hydrogens is 427 g/mol. The van der Waals surface area contributed by atoms with Crippen LogP contribution < -0.4 is 5.32 Å². The second-order valence-corrected chi connectivity index (χ2v) is 8.92. The molecule has 160 valence electrons. The van der Waals surface area contributed by atoms with Crippen molar-refractivity contribution in [3.8, 4) is 11.1 Å². The second-order valence-electron chi connectivity index (χ2n) is 8.10. The first-order valence-electron chi connectivity index (χ1n) is 10.6. The van der Waals surface area contributed by atoms with Crippen LogP contribution in [0.1, 0.15) is 29.5 Å². The number of benzene rings is 3. The van der Waals surface area contributed by atoms with Crippen LogP contribution in [0.4, 0.5) is 0 Å². The average Bonchev–Trinajstić information content (AvgIpc) is 3.23. The van der Waals surface area contributed by atoms with Gasteiger partial charge in [0, 0.05) is 23.1 Å². The van der Waals surface area contributed by atoms with Crippen molar-refractivity contribution in [2.45, 2.75) is 38.9 Å². The number of carbonyl (C=O) groups is 1. The van der Waals surface area contributed by atoms with Crippen LogP contribution in [0.25, 0.3) is 11.1 Å². The number of rotatable bonds is 6. The van der Waals surface area contributed by atoms with Gasteiger partial charge in [-0.05, 0) is 72.3 Å². The van der Waals surface area contributed by atoms with E-state index >= 15 is 0 Å². The first kappa shape index (κ1) is 21.9. The monoisotopic (exact) mass is 452 g/mol. The lowest BCUT2D eigenvalue weighted by atomic mass is 10.0. The molecule has 1 heterocycles. The highest BCUT2D eigenvalue weighted by Crippen LogP contribution is 2.27. The summed E-state index contributed by atoms with van der Waals surface area (Å²) in [7, 11) is 0. The molecule has 4 rings (SSSR count). The largest absolute Gasteiger partial charge is 0.351 e. The first-order chi connectivity index (χ1) is 15.0. The molecule has 1 fully saturated rings. The van der Waals surface area contributed by atoms with Crippen molar-refractivity contribution in [3.05, 3.63) is 93.5 Å². The molecule has 1 amide bonds. The Hall–Kier alpha value is -2.33. The topological polar surface area (TPSA) is 32.3 Å². The number of aryl methyl sites for hydroxylation is 1. The van der Waals surface area contributed by atoms with E-state index in [0.29, 0.717) is 11.6 Å². The second kappa shape index (κ2) is 9.86. The van der Waals surface area contributed by atoms with Gasteiger partial charge in [-0.1, -0.05) is 71.7 Å². The molecule has 1 atom stereocenters. The van der Waals surface area contributed by atoms with E-state index < -0.39 is 0 Å². The Bertz CT molecular complexity index is 1080. The summed E-state index contributed by atoms with van der Waals surface area (Å²) in [5, 5.41) is 4.52. The van der Waals surface area contributed by atoms with Gasteiger partial charge >= 0.3 is 0 Å². The van der Waals surface area contributed by atoms with E-state index in [4.69, 9.17) is 23.2 Å². The molecule has 5 heteroatoms.